The molecule has 4 aromatic rings. The predicted molar refractivity (Wildman–Crippen MR) is 115 cm³/mol. The first-order valence-corrected chi connectivity index (χ1v) is 11.0. The van der Waals surface area contributed by atoms with Crippen LogP contribution in [0.25, 0.3) is 20.9 Å². The Balaban J connectivity index is 1.68. The highest BCUT2D eigenvalue weighted by Crippen LogP contribution is 2.40. The third-order valence-corrected chi connectivity index (χ3v) is 7.49. The number of amides is 1. The van der Waals surface area contributed by atoms with Crippen LogP contribution in [-0.4, -0.2) is 21.4 Å². The van der Waals surface area contributed by atoms with Gasteiger partial charge in [0.15, 0.2) is 0 Å². The van der Waals surface area contributed by atoms with Crippen LogP contribution in [0.5, 0.6) is 0 Å². The first-order valence-electron chi connectivity index (χ1n) is 8.35. The molecule has 0 spiro atoms. The summed E-state index contributed by atoms with van der Waals surface area (Å²) in [5.41, 5.74) is 0.485. The fourth-order valence-electron chi connectivity index (χ4n) is 3.00. The average molecular weight is 431 g/mol. The Morgan fingerprint density at radius 3 is 2.43 bits per heavy atom. The molecule has 0 saturated heterocycles. The van der Waals surface area contributed by atoms with Gasteiger partial charge in [-0.05, 0) is 48.2 Å². The highest BCUT2D eigenvalue weighted by Gasteiger charge is 2.19. The summed E-state index contributed by atoms with van der Waals surface area (Å²) in [7, 11) is -2.18. The van der Waals surface area contributed by atoms with E-state index in [1.807, 2.05) is 36.4 Å². The largest absolute Gasteiger partial charge is 0.321 e. The van der Waals surface area contributed by atoms with E-state index >= 15 is 0 Å². The number of benzene rings is 3. The van der Waals surface area contributed by atoms with E-state index in [0.29, 0.717) is 15.6 Å². The monoisotopic (exact) mass is 430 g/mol. The number of anilines is 1. The number of hydrogen-bond acceptors (Lipinski definition) is 4. The molecule has 0 aliphatic rings. The van der Waals surface area contributed by atoms with Gasteiger partial charge in [-0.3, -0.25) is 4.79 Å². The maximum Gasteiger partial charge on any atom is 0.267 e. The molecule has 0 aliphatic carbocycles. The average Bonchev–Trinajstić information content (AvgIpc) is 3.05. The number of nitrogens with one attached hydrogen (secondary N) is 2. The summed E-state index contributed by atoms with van der Waals surface area (Å²) < 4.78 is 26.8. The molecule has 0 fully saturated rings. The van der Waals surface area contributed by atoms with Gasteiger partial charge in [0.25, 0.3) is 5.91 Å². The van der Waals surface area contributed by atoms with Crippen molar-refractivity contribution in [2.45, 2.75) is 4.90 Å². The maximum absolute atomic E-state index is 12.8. The second-order valence-electron chi connectivity index (χ2n) is 6.09. The van der Waals surface area contributed by atoms with Crippen LogP contribution < -0.4 is 10.0 Å². The zero-order valence-electron chi connectivity index (χ0n) is 14.7. The Labute approximate surface area is 171 Å². The first kappa shape index (κ1) is 18.9. The summed E-state index contributed by atoms with van der Waals surface area (Å²) >= 11 is 7.89. The van der Waals surface area contributed by atoms with Gasteiger partial charge in [0, 0.05) is 15.8 Å². The molecule has 142 valence electrons. The van der Waals surface area contributed by atoms with E-state index in [9.17, 15) is 13.2 Å². The van der Waals surface area contributed by atoms with Crippen molar-refractivity contribution in [3.8, 4) is 0 Å². The molecule has 0 bridgehead atoms. The summed E-state index contributed by atoms with van der Waals surface area (Å²) in [4.78, 5) is 13.3. The number of carbonyl (C=O) groups excluding carboxylic acids is 1. The summed E-state index contributed by atoms with van der Waals surface area (Å²) in [6.07, 6.45) is 0. The van der Waals surface area contributed by atoms with Crippen molar-refractivity contribution < 1.29 is 13.2 Å². The van der Waals surface area contributed by atoms with Crippen molar-refractivity contribution in [2.24, 2.45) is 0 Å². The Kier molecular flexibility index (Phi) is 4.84. The topological polar surface area (TPSA) is 75.3 Å². The molecule has 5 nitrogen and oxygen atoms in total. The maximum atomic E-state index is 12.8. The third-order valence-electron chi connectivity index (χ3n) is 4.42. The van der Waals surface area contributed by atoms with Crippen LogP contribution in [0, 0.1) is 0 Å². The minimum absolute atomic E-state index is 0.124. The van der Waals surface area contributed by atoms with Crippen LogP contribution in [0.2, 0.25) is 5.02 Å². The van der Waals surface area contributed by atoms with Crippen molar-refractivity contribution >= 4 is 65.4 Å². The quantitative estimate of drug-likeness (QED) is 0.485. The zero-order chi connectivity index (χ0) is 19.9. The highest BCUT2D eigenvalue weighted by molar-refractivity contribution is 7.89. The number of sulfonamides is 1. The lowest BCUT2D eigenvalue weighted by Crippen LogP contribution is -2.18. The Hall–Kier alpha value is -2.45. The second-order valence-corrected chi connectivity index (χ2v) is 9.41. The third kappa shape index (κ3) is 3.27. The molecule has 1 heterocycles. The minimum Gasteiger partial charge on any atom is -0.321 e. The van der Waals surface area contributed by atoms with Gasteiger partial charge in [0.1, 0.15) is 4.88 Å². The zero-order valence-corrected chi connectivity index (χ0v) is 17.1. The molecule has 0 radical (unpaired) electrons. The molecule has 0 saturated carbocycles. The molecule has 28 heavy (non-hydrogen) atoms. The lowest BCUT2D eigenvalue weighted by atomic mass is 10.1. The summed E-state index contributed by atoms with van der Waals surface area (Å²) in [6.45, 7) is 0. The van der Waals surface area contributed by atoms with Gasteiger partial charge in [-0.1, -0.05) is 41.9 Å². The smallest absolute Gasteiger partial charge is 0.267 e. The minimum atomic E-state index is -3.52. The number of rotatable bonds is 4. The summed E-state index contributed by atoms with van der Waals surface area (Å²) in [6, 6.07) is 17.8. The van der Waals surface area contributed by atoms with Crippen molar-refractivity contribution in [1.29, 1.82) is 0 Å². The highest BCUT2D eigenvalue weighted by atomic mass is 35.5. The molecule has 0 unspecified atom stereocenters. The van der Waals surface area contributed by atoms with E-state index in [4.69, 9.17) is 11.6 Å². The van der Waals surface area contributed by atoms with Gasteiger partial charge in [-0.15, -0.1) is 11.3 Å². The molecular weight excluding hydrogens is 416 g/mol. The summed E-state index contributed by atoms with van der Waals surface area (Å²) in [5.74, 6) is -0.334. The Bertz CT molecular complexity index is 1310. The number of halogens is 1. The van der Waals surface area contributed by atoms with Crippen molar-refractivity contribution in [3.63, 3.8) is 0 Å². The Morgan fingerprint density at radius 1 is 1.00 bits per heavy atom. The fraction of sp³-hybridized carbons (Fsp3) is 0.0500. The normalized spacial score (nSPS) is 11.8. The van der Waals surface area contributed by atoms with Crippen molar-refractivity contribution in [2.75, 3.05) is 12.4 Å². The van der Waals surface area contributed by atoms with Gasteiger partial charge in [-0.25, -0.2) is 13.1 Å². The van der Waals surface area contributed by atoms with Gasteiger partial charge in [-0.2, -0.15) is 0 Å². The van der Waals surface area contributed by atoms with E-state index in [1.165, 1.54) is 30.5 Å². The van der Waals surface area contributed by atoms with Crippen LogP contribution in [0.3, 0.4) is 0 Å². The van der Waals surface area contributed by atoms with Crippen LogP contribution in [0.1, 0.15) is 9.67 Å². The van der Waals surface area contributed by atoms with Gasteiger partial charge in [0.2, 0.25) is 10.0 Å². The van der Waals surface area contributed by atoms with Crippen LogP contribution >= 0.6 is 22.9 Å². The molecule has 4 rings (SSSR count). The lowest BCUT2D eigenvalue weighted by Gasteiger charge is -2.06. The predicted octanol–water partition coefficient (Wildman–Crippen LogP) is 4.87. The molecule has 8 heteroatoms. The fourth-order valence-corrected chi connectivity index (χ4v) is 5.20. The molecule has 2 N–H and O–H groups in total. The molecule has 0 atom stereocenters. The van der Waals surface area contributed by atoms with Gasteiger partial charge < -0.3 is 5.32 Å². The second kappa shape index (κ2) is 7.18. The molecule has 1 aromatic heterocycles. The lowest BCUT2D eigenvalue weighted by molar-refractivity contribution is 0.103. The summed E-state index contributed by atoms with van der Waals surface area (Å²) in [5, 5.41) is 6.12. The number of fused-ring (bicyclic) bond motifs is 3. The number of hydrogen-bond donors (Lipinski definition) is 2. The van der Waals surface area contributed by atoms with Crippen molar-refractivity contribution in [1.82, 2.24) is 4.72 Å². The Morgan fingerprint density at radius 2 is 1.71 bits per heavy atom. The van der Waals surface area contributed by atoms with Gasteiger partial charge in [0.05, 0.1) is 9.92 Å². The van der Waals surface area contributed by atoms with Crippen molar-refractivity contribution in [3.05, 3.63) is 70.6 Å². The van der Waals surface area contributed by atoms with E-state index in [2.05, 4.69) is 10.0 Å². The van der Waals surface area contributed by atoms with Crippen LogP contribution in [0.15, 0.2) is 65.6 Å². The van der Waals surface area contributed by atoms with E-state index < -0.39 is 10.0 Å². The standard InChI is InChI=1S/C20H15ClN2O3S2/c1-22-28(25,26)14-9-7-13(8-10-14)23-20(24)19-18(21)17-15-5-3-2-4-12(15)6-11-16(17)27-19/h2-11,22H,1H3,(H,23,24). The first-order chi connectivity index (χ1) is 13.4. The van der Waals surface area contributed by atoms with E-state index in [-0.39, 0.29) is 10.8 Å². The molecule has 0 aliphatic heterocycles. The number of carbonyl (C=O) groups is 1. The molecule has 3 aromatic carbocycles. The number of thiophene rings is 1. The SMILES string of the molecule is CNS(=O)(=O)c1ccc(NC(=O)c2sc3ccc4ccccc4c3c2Cl)cc1. The van der Waals surface area contributed by atoms with E-state index in [1.54, 1.807) is 12.1 Å². The van der Waals surface area contributed by atoms with Gasteiger partial charge >= 0.3 is 0 Å². The van der Waals surface area contributed by atoms with Crippen LogP contribution in [0.4, 0.5) is 5.69 Å². The molecular formula is C20H15ClN2O3S2. The van der Waals surface area contributed by atoms with E-state index in [0.717, 1.165) is 20.9 Å². The van der Waals surface area contributed by atoms with Crippen LogP contribution in [-0.2, 0) is 10.0 Å². The molecule has 1 amide bonds.